The summed E-state index contributed by atoms with van der Waals surface area (Å²) in [4.78, 5) is 7.98. The van der Waals surface area contributed by atoms with E-state index in [0.717, 1.165) is 43.0 Å². The number of rotatable bonds is 3. The fourth-order valence-corrected chi connectivity index (χ4v) is 3.23. The van der Waals surface area contributed by atoms with E-state index in [2.05, 4.69) is 40.4 Å². The van der Waals surface area contributed by atoms with Crippen LogP contribution in [-0.2, 0) is 4.74 Å². The molecule has 2 N–H and O–H groups in total. The van der Waals surface area contributed by atoms with Gasteiger partial charge in [-0.05, 0) is 55.7 Å². The molecule has 1 aromatic carbocycles. The molecule has 0 atom stereocenters. The number of anilines is 1. The number of hydrogen-bond acceptors (Lipinski definition) is 3. The smallest absolute Gasteiger partial charge is 0.0864 e. The van der Waals surface area contributed by atoms with Crippen LogP contribution >= 0.6 is 0 Å². The van der Waals surface area contributed by atoms with E-state index in [1.807, 2.05) is 24.4 Å². The average Bonchev–Trinajstić information content (AvgIpc) is 3.01. The van der Waals surface area contributed by atoms with E-state index in [-0.39, 0.29) is 0 Å². The Morgan fingerprint density at radius 2 is 2.04 bits per heavy atom. The van der Waals surface area contributed by atoms with Crippen molar-refractivity contribution in [2.24, 2.45) is 0 Å². The van der Waals surface area contributed by atoms with Crippen LogP contribution in [0, 0.1) is 6.92 Å². The summed E-state index contributed by atoms with van der Waals surface area (Å²) in [6.07, 6.45) is 3.94. The molecule has 1 fully saturated rings. The first-order chi connectivity index (χ1) is 11.3. The van der Waals surface area contributed by atoms with Gasteiger partial charge in [-0.2, -0.15) is 0 Å². The van der Waals surface area contributed by atoms with Crippen LogP contribution in [0.25, 0.3) is 22.3 Å². The summed E-state index contributed by atoms with van der Waals surface area (Å²) >= 11 is 0. The van der Waals surface area contributed by atoms with Gasteiger partial charge in [0, 0.05) is 30.8 Å². The lowest BCUT2D eigenvalue weighted by Crippen LogP contribution is -2.27. The van der Waals surface area contributed by atoms with Gasteiger partial charge in [-0.1, -0.05) is 6.07 Å². The van der Waals surface area contributed by atoms with Gasteiger partial charge < -0.3 is 15.0 Å². The number of aromatic nitrogens is 2. The van der Waals surface area contributed by atoms with Crippen molar-refractivity contribution in [2.45, 2.75) is 25.8 Å². The summed E-state index contributed by atoms with van der Waals surface area (Å²) in [6.45, 7) is 3.83. The normalized spacial score (nSPS) is 15.9. The first-order valence-corrected chi connectivity index (χ1v) is 8.19. The number of nitrogens with zero attached hydrogens (tertiary/aromatic N) is 1. The standard InChI is InChI=1S/C19H21N3O/c1-13-10-14-12-17(16-4-2-3-7-20-16)22-19(14)18(11-13)21-15-5-8-23-9-6-15/h2-4,7,10-12,15,21-22H,5-6,8-9H2,1H3. The summed E-state index contributed by atoms with van der Waals surface area (Å²) < 4.78 is 5.45. The second-order valence-electron chi connectivity index (χ2n) is 6.21. The highest BCUT2D eigenvalue weighted by Gasteiger charge is 2.16. The van der Waals surface area contributed by atoms with Gasteiger partial charge in [-0.15, -0.1) is 0 Å². The predicted octanol–water partition coefficient (Wildman–Crippen LogP) is 4.13. The molecule has 3 heterocycles. The summed E-state index contributed by atoms with van der Waals surface area (Å²) in [6, 6.07) is 13.1. The van der Waals surface area contributed by atoms with Crippen molar-refractivity contribution >= 4 is 16.6 Å². The van der Waals surface area contributed by atoms with Crippen molar-refractivity contribution in [3.05, 3.63) is 48.2 Å². The maximum absolute atomic E-state index is 5.45. The lowest BCUT2D eigenvalue weighted by Gasteiger charge is -2.24. The monoisotopic (exact) mass is 307 g/mol. The second kappa shape index (κ2) is 6.05. The minimum atomic E-state index is 0.482. The SMILES string of the molecule is Cc1cc(NC2CCOCC2)c2[nH]c(-c3ccccn3)cc2c1. The van der Waals surface area contributed by atoms with Gasteiger partial charge in [0.2, 0.25) is 0 Å². The van der Waals surface area contributed by atoms with Crippen molar-refractivity contribution in [1.82, 2.24) is 9.97 Å². The van der Waals surface area contributed by atoms with Crippen LogP contribution in [0.4, 0.5) is 5.69 Å². The Kier molecular flexibility index (Phi) is 3.75. The maximum atomic E-state index is 5.45. The molecule has 1 saturated heterocycles. The van der Waals surface area contributed by atoms with Crippen molar-refractivity contribution in [3.63, 3.8) is 0 Å². The molecule has 2 aromatic heterocycles. The summed E-state index contributed by atoms with van der Waals surface area (Å²) in [5, 5.41) is 4.92. The van der Waals surface area contributed by atoms with Gasteiger partial charge in [-0.3, -0.25) is 4.98 Å². The number of pyridine rings is 1. The molecular formula is C19H21N3O. The molecule has 1 aliphatic heterocycles. The number of aryl methyl sites for hydroxylation is 1. The van der Waals surface area contributed by atoms with Crippen LogP contribution in [0.15, 0.2) is 42.6 Å². The lowest BCUT2D eigenvalue weighted by atomic mass is 10.1. The zero-order chi connectivity index (χ0) is 15.6. The van der Waals surface area contributed by atoms with E-state index >= 15 is 0 Å². The van der Waals surface area contributed by atoms with E-state index < -0.39 is 0 Å². The maximum Gasteiger partial charge on any atom is 0.0864 e. The average molecular weight is 307 g/mol. The molecule has 4 nitrogen and oxygen atoms in total. The number of nitrogens with one attached hydrogen (secondary N) is 2. The molecule has 0 bridgehead atoms. The fourth-order valence-electron chi connectivity index (χ4n) is 3.23. The zero-order valence-corrected chi connectivity index (χ0v) is 13.3. The third-order valence-electron chi connectivity index (χ3n) is 4.39. The van der Waals surface area contributed by atoms with Crippen molar-refractivity contribution in [3.8, 4) is 11.4 Å². The lowest BCUT2D eigenvalue weighted by molar-refractivity contribution is 0.0905. The molecule has 1 aliphatic rings. The largest absolute Gasteiger partial charge is 0.381 e. The van der Waals surface area contributed by atoms with Crippen LogP contribution < -0.4 is 5.32 Å². The molecule has 0 spiro atoms. The van der Waals surface area contributed by atoms with Crippen LogP contribution in [0.2, 0.25) is 0 Å². The van der Waals surface area contributed by atoms with Gasteiger partial charge in [-0.25, -0.2) is 0 Å². The summed E-state index contributed by atoms with van der Waals surface area (Å²) in [7, 11) is 0. The quantitative estimate of drug-likeness (QED) is 0.765. The minimum Gasteiger partial charge on any atom is -0.381 e. The third-order valence-corrected chi connectivity index (χ3v) is 4.39. The van der Waals surface area contributed by atoms with Gasteiger partial charge in [0.15, 0.2) is 0 Å². The predicted molar refractivity (Wildman–Crippen MR) is 93.7 cm³/mol. The topological polar surface area (TPSA) is 49.9 Å². The van der Waals surface area contributed by atoms with Gasteiger partial charge >= 0.3 is 0 Å². The molecule has 4 heteroatoms. The van der Waals surface area contributed by atoms with E-state index in [1.54, 1.807) is 0 Å². The van der Waals surface area contributed by atoms with Crippen molar-refractivity contribution in [1.29, 1.82) is 0 Å². The highest BCUT2D eigenvalue weighted by atomic mass is 16.5. The first-order valence-electron chi connectivity index (χ1n) is 8.19. The summed E-state index contributed by atoms with van der Waals surface area (Å²) in [5.41, 5.74) is 5.62. The Morgan fingerprint density at radius 3 is 2.83 bits per heavy atom. The van der Waals surface area contributed by atoms with Gasteiger partial charge in [0.1, 0.15) is 0 Å². The molecule has 23 heavy (non-hydrogen) atoms. The fraction of sp³-hybridized carbons (Fsp3) is 0.316. The van der Waals surface area contributed by atoms with E-state index in [0.29, 0.717) is 6.04 Å². The van der Waals surface area contributed by atoms with Crippen LogP contribution in [0.1, 0.15) is 18.4 Å². The van der Waals surface area contributed by atoms with Gasteiger partial charge in [0.05, 0.1) is 22.6 Å². The van der Waals surface area contributed by atoms with E-state index in [4.69, 9.17) is 4.74 Å². The summed E-state index contributed by atoms with van der Waals surface area (Å²) in [5.74, 6) is 0. The number of aromatic amines is 1. The molecule has 0 radical (unpaired) electrons. The molecule has 0 unspecified atom stereocenters. The highest BCUT2D eigenvalue weighted by molar-refractivity contribution is 5.95. The molecule has 3 aromatic rings. The van der Waals surface area contributed by atoms with Gasteiger partial charge in [0.25, 0.3) is 0 Å². The molecule has 4 rings (SSSR count). The Morgan fingerprint density at radius 1 is 1.17 bits per heavy atom. The Labute approximate surface area is 135 Å². The zero-order valence-electron chi connectivity index (χ0n) is 13.3. The Hall–Kier alpha value is -2.33. The molecule has 0 aliphatic carbocycles. The van der Waals surface area contributed by atoms with Crippen LogP contribution in [0.5, 0.6) is 0 Å². The minimum absolute atomic E-state index is 0.482. The number of fused-ring (bicyclic) bond motifs is 1. The van der Waals surface area contributed by atoms with E-state index in [9.17, 15) is 0 Å². The Bertz CT molecular complexity index is 804. The number of ether oxygens (including phenoxy) is 1. The van der Waals surface area contributed by atoms with Crippen LogP contribution in [-0.4, -0.2) is 29.2 Å². The second-order valence-corrected chi connectivity index (χ2v) is 6.21. The number of benzene rings is 1. The van der Waals surface area contributed by atoms with Crippen molar-refractivity contribution < 1.29 is 4.74 Å². The number of H-pyrrole nitrogens is 1. The highest BCUT2D eigenvalue weighted by Crippen LogP contribution is 2.30. The molecule has 0 amide bonds. The Balaban J connectivity index is 1.73. The van der Waals surface area contributed by atoms with Crippen LogP contribution in [0.3, 0.4) is 0 Å². The third kappa shape index (κ3) is 2.94. The molecular weight excluding hydrogens is 286 g/mol. The number of hydrogen-bond donors (Lipinski definition) is 2. The molecule has 0 saturated carbocycles. The van der Waals surface area contributed by atoms with Crippen molar-refractivity contribution in [2.75, 3.05) is 18.5 Å². The molecule has 118 valence electrons. The van der Waals surface area contributed by atoms with E-state index in [1.165, 1.54) is 16.6 Å². The first kappa shape index (κ1) is 14.3.